The fourth-order valence-electron chi connectivity index (χ4n) is 1.36. The van der Waals surface area contributed by atoms with Gasteiger partial charge in [-0.1, -0.05) is 12.1 Å². The molecule has 84 valence electrons. The predicted molar refractivity (Wildman–Crippen MR) is 61.9 cm³/mol. The Morgan fingerprint density at radius 3 is 2.76 bits per heavy atom. The standard InChI is InChI=1S/C13H10N2O2/c1-9-11(16)5-3-6-12(9)17-13-7-2-4-10(8-14)15-13/h2-7,16H,1H3. The van der Waals surface area contributed by atoms with Crippen LogP contribution in [0.4, 0.5) is 0 Å². The van der Waals surface area contributed by atoms with Crippen molar-refractivity contribution in [2.24, 2.45) is 0 Å². The van der Waals surface area contributed by atoms with Gasteiger partial charge in [-0.3, -0.25) is 0 Å². The van der Waals surface area contributed by atoms with E-state index in [2.05, 4.69) is 4.98 Å². The van der Waals surface area contributed by atoms with E-state index in [1.165, 1.54) is 0 Å². The molecule has 0 fully saturated rings. The fourth-order valence-corrected chi connectivity index (χ4v) is 1.36. The highest BCUT2D eigenvalue weighted by atomic mass is 16.5. The Morgan fingerprint density at radius 1 is 1.24 bits per heavy atom. The third-order valence-electron chi connectivity index (χ3n) is 2.31. The van der Waals surface area contributed by atoms with Gasteiger partial charge in [0.05, 0.1) is 0 Å². The van der Waals surface area contributed by atoms with Crippen LogP contribution in [0.15, 0.2) is 36.4 Å². The van der Waals surface area contributed by atoms with Crippen LogP contribution in [0.3, 0.4) is 0 Å². The molecule has 0 unspecified atom stereocenters. The maximum Gasteiger partial charge on any atom is 0.220 e. The van der Waals surface area contributed by atoms with Gasteiger partial charge in [-0.2, -0.15) is 5.26 Å². The van der Waals surface area contributed by atoms with Gasteiger partial charge in [0.25, 0.3) is 0 Å². The van der Waals surface area contributed by atoms with Crippen molar-refractivity contribution in [1.29, 1.82) is 5.26 Å². The highest BCUT2D eigenvalue weighted by molar-refractivity contribution is 5.44. The number of ether oxygens (including phenoxy) is 1. The number of rotatable bonds is 2. The number of benzene rings is 1. The lowest BCUT2D eigenvalue weighted by Gasteiger charge is -2.08. The average Bonchev–Trinajstić information content (AvgIpc) is 2.35. The van der Waals surface area contributed by atoms with Crippen molar-refractivity contribution in [2.45, 2.75) is 6.92 Å². The molecular formula is C13H10N2O2. The van der Waals surface area contributed by atoms with Gasteiger partial charge in [0.2, 0.25) is 5.88 Å². The third kappa shape index (κ3) is 2.34. The fraction of sp³-hybridized carbons (Fsp3) is 0.0769. The van der Waals surface area contributed by atoms with E-state index in [9.17, 15) is 5.11 Å². The quantitative estimate of drug-likeness (QED) is 0.855. The molecule has 0 saturated carbocycles. The second-order valence-corrected chi connectivity index (χ2v) is 3.48. The van der Waals surface area contributed by atoms with Gasteiger partial charge in [0, 0.05) is 11.6 Å². The molecule has 0 saturated heterocycles. The largest absolute Gasteiger partial charge is 0.508 e. The van der Waals surface area contributed by atoms with Crippen LogP contribution >= 0.6 is 0 Å². The molecule has 2 aromatic rings. The Labute approximate surface area is 98.7 Å². The Morgan fingerprint density at radius 2 is 2.00 bits per heavy atom. The van der Waals surface area contributed by atoms with Gasteiger partial charge >= 0.3 is 0 Å². The SMILES string of the molecule is Cc1c(O)cccc1Oc1cccc(C#N)n1. The maximum atomic E-state index is 9.53. The molecule has 1 N–H and O–H groups in total. The number of nitrogens with zero attached hydrogens (tertiary/aromatic N) is 2. The van der Waals surface area contributed by atoms with Crippen molar-refractivity contribution < 1.29 is 9.84 Å². The number of phenols is 1. The molecule has 0 bridgehead atoms. The topological polar surface area (TPSA) is 66.1 Å². The Hall–Kier alpha value is -2.54. The number of phenolic OH excluding ortho intramolecular Hbond substituents is 1. The van der Waals surface area contributed by atoms with E-state index in [1.807, 2.05) is 6.07 Å². The first-order chi connectivity index (χ1) is 8.20. The first-order valence-electron chi connectivity index (χ1n) is 5.04. The van der Waals surface area contributed by atoms with Gasteiger partial charge in [-0.25, -0.2) is 4.98 Å². The normalized spacial score (nSPS) is 9.65. The number of aromatic hydroxyl groups is 1. The minimum absolute atomic E-state index is 0.166. The van der Waals surface area contributed by atoms with Gasteiger partial charge < -0.3 is 9.84 Å². The highest BCUT2D eigenvalue weighted by Gasteiger charge is 2.06. The molecule has 0 aliphatic rings. The first-order valence-corrected chi connectivity index (χ1v) is 5.04. The van der Waals surface area contributed by atoms with Gasteiger partial charge in [-0.05, 0) is 25.1 Å². The zero-order valence-electron chi connectivity index (χ0n) is 9.21. The van der Waals surface area contributed by atoms with Crippen LogP contribution in [0.25, 0.3) is 0 Å². The predicted octanol–water partition coefficient (Wildman–Crippen LogP) is 2.76. The van der Waals surface area contributed by atoms with Crippen LogP contribution < -0.4 is 4.74 Å². The van der Waals surface area contributed by atoms with E-state index < -0.39 is 0 Å². The summed E-state index contributed by atoms with van der Waals surface area (Å²) in [5.74, 6) is 1.02. The molecule has 2 rings (SSSR count). The molecular weight excluding hydrogens is 216 g/mol. The van der Waals surface area contributed by atoms with Crippen LogP contribution in [0.1, 0.15) is 11.3 Å². The molecule has 0 aliphatic heterocycles. The molecule has 1 heterocycles. The lowest BCUT2D eigenvalue weighted by molar-refractivity contribution is 0.439. The van der Waals surface area contributed by atoms with E-state index >= 15 is 0 Å². The Kier molecular flexibility index (Phi) is 2.93. The second-order valence-electron chi connectivity index (χ2n) is 3.48. The lowest BCUT2D eigenvalue weighted by atomic mass is 10.2. The van der Waals surface area contributed by atoms with E-state index in [-0.39, 0.29) is 5.75 Å². The first kappa shape index (κ1) is 11.0. The molecule has 4 heteroatoms. The van der Waals surface area contributed by atoms with E-state index in [0.717, 1.165) is 0 Å². The summed E-state index contributed by atoms with van der Waals surface area (Å²) in [6.45, 7) is 1.75. The van der Waals surface area contributed by atoms with Crippen molar-refractivity contribution in [3.63, 3.8) is 0 Å². The van der Waals surface area contributed by atoms with E-state index in [4.69, 9.17) is 10.00 Å². The molecule has 0 amide bonds. The summed E-state index contributed by atoms with van der Waals surface area (Å²) in [7, 11) is 0. The lowest BCUT2D eigenvalue weighted by Crippen LogP contribution is -1.91. The van der Waals surface area contributed by atoms with Gasteiger partial charge in [0.15, 0.2) is 0 Å². The Bertz CT molecular complexity index is 588. The van der Waals surface area contributed by atoms with Crippen LogP contribution in [0, 0.1) is 18.3 Å². The second kappa shape index (κ2) is 4.54. The minimum Gasteiger partial charge on any atom is -0.508 e. The molecule has 1 aromatic heterocycles. The zero-order valence-corrected chi connectivity index (χ0v) is 9.21. The molecule has 1 aromatic carbocycles. The molecule has 17 heavy (non-hydrogen) atoms. The summed E-state index contributed by atoms with van der Waals surface area (Å²) < 4.78 is 5.51. The summed E-state index contributed by atoms with van der Waals surface area (Å²) in [4.78, 5) is 3.99. The third-order valence-corrected chi connectivity index (χ3v) is 2.31. The van der Waals surface area contributed by atoms with Crippen molar-refractivity contribution in [2.75, 3.05) is 0 Å². The van der Waals surface area contributed by atoms with Crippen molar-refractivity contribution in [1.82, 2.24) is 4.98 Å². The van der Waals surface area contributed by atoms with Gasteiger partial charge in [0.1, 0.15) is 23.3 Å². The summed E-state index contributed by atoms with van der Waals surface area (Å²) >= 11 is 0. The highest BCUT2D eigenvalue weighted by Crippen LogP contribution is 2.29. The van der Waals surface area contributed by atoms with E-state index in [0.29, 0.717) is 22.9 Å². The number of aromatic nitrogens is 1. The van der Waals surface area contributed by atoms with E-state index in [1.54, 1.807) is 43.3 Å². The summed E-state index contributed by atoms with van der Waals surface area (Å²) in [6.07, 6.45) is 0. The Balaban J connectivity index is 2.32. The van der Waals surface area contributed by atoms with Crippen LogP contribution in [-0.4, -0.2) is 10.1 Å². The maximum absolute atomic E-state index is 9.53. The monoisotopic (exact) mass is 226 g/mol. The average molecular weight is 226 g/mol. The zero-order chi connectivity index (χ0) is 12.3. The number of hydrogen-bond donors (Lipinski definition) is 1. The van der Waals surface area contributed by atoms with Crippen molar-refractivity contribution in [3.8, 4) is 23.4 Å². The molecule has 0 atom stereocenters. The van der Waals surface area contributed by atoms with Crippen LogP contribution in [-0.2, 0) is 0 Å². The van der Waals surface area contributed by atoms with Crippen molar-refractivity contribution >= 4 is 0 Å². The number of pyridine rings is 1. The number of hydrogen-bond acceptors (Lipinski definition) is 4. The van der Waals surface area contributed by atoms with Gasteiger partial charge in [-0.15, -0.1) is 0 Å². The van der Waals surface area contributed by atoms with Crippen LogP contribution in [0.2, 0.25) is 0 Å². The smallest absolute Gasteiger partial charge is 0.220 e. The van der Waals surface area contributed by atoms with Crippen LogP contribution in [0.5, 0.6) is 17.4 Å². The summed E-state index contributed by atoms with van der Waals surface area (Å²) in [6, 6.07) is 11.9. The summed E-state index contributed by atoms with van der Waals surface area (Å²) in [5, 5.41) is 18.2. The molecule has 0 radical (unpaired) electrons. The summed E-state index contributed by atoms with van der Waals surface area (Å²) in [5.41, 5.74) is 0.928. The molecule has 0 spiro atoms. The minimum atomic E-state index is 0.166. The number of nitriles is 1. The molecule has 0 aliphatic carbocycles. The molecule has 4 nitrogen and oxygen atoms in total. The van der Waals surface area contributed by atoms with Crippen molar-refractivity contribution in [3.05, 3.63) is 47.7 Å².